The lowest BCUT2D eigenvalue weighted by atomic mass is 10.2. The zero-order valence-electron chi connectivity index (χ0n) is 19.5. The van der Waals surface area contributed by atoms with E-state index in [1.165, 1.54) is 23.3 Å². The second-order valence-corrected chi connectivity index (χ2v) is 9.45. The van der Waals surface area contributed by atoms with Gasteiger partial charge in [0.05, 0.1) is 30.9 Å². The van der Waals surface area contributed by atoms with E-state index in [-0.39, 0.29) is 56.0 Å². The van der Waals surface area contributed by atoms with Gasteiger partial charge in [-0.3, -0.25) is 14.4 Å². The number of nitrogens with one attached hydrogen (secondary N) is 1. The van der Waals surface area contributed by atoms with Crippen molar-refractivity contribution in [3.8, 4) is 0 Å². The molecule has 1 aromatic heterocycles. The van der Waals surface area contributed by atoms with Crippen molar-refractivity contribution in [2.45, 2.75) is 32.5 Å². The molecule has 1 fully saturated rings. The van der Waals surface area contributed by atoms with Gasteiger partial charge in [-0.05, 0) is 38.1 Å². The normalized spacial score (nSPS) is 17.9. The van der Waals surface area contributed by atoms with Crippen molar-refractivity contribution in [2.24, 2.45) is 0 Å². The van der Waals surface area contributed by atoms with Crippen LogP contribution in [0.1, 0.15) is 29.9 Å². The SMILES string of the molecule is COCCN(CC(=O)Nc1nc(CC(=O)N2CC(C)OC(C)C2)cs1)C(=O)c1ccc(Cl)cc1. The van der Waals surface area contributed by atoms with Gasteiger partial charge in [-0.15, -0.1) is 11.3 Å². The van der Waals surface area contributed by atoms with E-state index in [1.807, 2.05) is 13.8 Å². The Morgan fingerprint density at radius 3 is 2.56 bits per heavy atom. The third-order valence-corrected chi connectivity index (χ3v) is 6.24. The van der Waals surface area contributed by atoms with Crippen LogP contribution < -0.4 is 5.32 Å². The molecule has 34 heavy (non-hydrogen) atoms. The molecule has 2 unspecified atom stereocenters. The number of hydrogen-bond donors (Lipinski definition) is 1. The van der Waals surface area contributed by atoms with Crippen LogP contribution in [-0.2, 0) is 25.5 Å². The number of thiazole rings is 1. The summed E-state index contributed by atoms with van der Waals surface area (Å²) < 4.78 is 10.8. The molecule has 1 aliphatic rings. The Morgan fingerprint density at radius 1 is 1.24 bits per heavy atom. The highest BCUT2D eigenvalue weighted by molar-refractivity contribution is 7.13. The summed E-state index contributed by atoms with van der Waals surface area (Å²) >= 11 is 7.14. The molecule has 2 atom stereocenters. The number of nitrogens with zero attached hydrogens (tertiary/aromatic N) is 3. The van der Waals surface area contributed by atoms with Crippen molar-refractivity contribution in [1.82, 2.24) is 14.8 Å². The summed E-state index contributed by atoms with van der Waals surface area (Å²) in [5, 5.41) is 5.37. The van der Waals surface area contributed by atoms with Gasteiger partial charge in [0.25, 0.3) is 5.91 Å². The number of benzene rings is 1. The fourth-order valence-electron chi connectivity index (χ4n) is 3.65. The Bertz CT molecular complexity index is 990. The number of ether oxygens (including phenoxy) is 2. The summed E-state index contributed by atoms with van der Waals surface area (Å²) in [5.41, 5.74) is 1.01. The van der Waals surface area contributed by atoms with E-state index < -0.39 is 0 Å². The average Bonchev–Trinajstić information content (AvgIpc) is 3.22. The maximum Gasteiger partial charge on any atom is 0.254 e. The number of amides is 3. The van der Waals surface area contributed by atoms with E-state index in [2.05, 4.69) is 10.3 Å². The van der Waals surface area contributed by atoms with Crippen LogP contribution in [0.25, 0.3) is 0 Å². The highest BCUT2D eigenvalue weighted by Crippen LogP contribution is 2.18. The third kappa shape index (κ3) is 7.49. The minimum Gasteiger partial charge on any atom is -0.383 e. The zero-order valence-corrected chi connectivity index (χ0v) is 21.0. The summed E-state index contributed by atoms with van der Waals surface area (Å²) in [4.78, 5) is 45.7. The monoisotopic (exact) mass is 508 g/mol. The molecular formula is C23H29ClN4O5S. The topological polar surface area (TPSA) is 101 Å². The Labute approximate surface area is 208 Å². The molecule has 9 nitrogen and oxygen atoms in total. The molecule has 1 N–H and O–H groups in total. The van der Waals surface area contributed by atoms with Crippen molar-refractivity contribution in [2.75, 3.05) is 45.2 Å². The van der Waals surface area contributed by atoms with Gasteiger partial charge in [0, 0.05) is 42.7 Å². The van der Waals surface area contributed by atoms with Crippen molar-refractivity contribution >= 4 is 45.8 Å². The Balaban J connectivity index is 1.57. The van der Waals surface area contributed by atoms with Gasteiger partial charge in [0.15, 0.2) is 5.13 Å². The number of carbonyl (C=O) groups is 3. The second-order valence-electron chi connectivity index (χ2n) is 8.15. The van der Waals surface area contributed by atoms with Gasteiger partial charge >= 0.3 is 0 Å². The zero-order chi connectivity index (χ0) is 24.7. The molecule has 11 heteroatoms. The summed E-state index contributed by atoms with van der Waals surface area (Å²) in [7, 11) is 1.53. The fourth-order valence-corrected chi connectivity index (χ4v) is 4.51. The summed E-state index contributed by atoms with van der Waals surface area (Å²) in [5.74, 6) is -0.714. The van der Waals surface area contributed by atoms with E-state index in [0.29, 0.717) is 34.5 Å². The molecule has 184 valence electrons. The van der Waals surface area contributed by atoms with Crippen LogP contribution in [0.2, 0.25) is 5.02 Å². The van der Waals surface area contributed by atoms with E-state index in [4.69, 9.17) is 21.1 Å². The van der Waals surface area contributed by atoms with E-state index in [1.54, 1.807) is 34.5 Å². The van der Waals surface area contributed by atoms with Crippen molar-refractivity contribution in [1.29, 1.82) is 0 Å². The fraction of sp³-hybridized carbons (Fsp3) is 0.478. The van der Waals surface area contributed by atoms with Crippen LogP contribution in [0, 0.1) is 0 Å². The molecule has 1 aliphatic heterocycles. The molecule has 0 radical (unpaired) electrons. The molecule has 1 aromatic carbocycles. The van der Waals surface area contributed by atoms with Gasteiger partial charge in [-0.1, -0.05) is 11.6 Å². The first-order valence-corrected chi connectivity index (χ1v) is 12.2. The predicted octanol–water partition coefficient (Wildman–Crippen LogP) is 2.70. The maximum absolute atomic E-state index is 12.9. The summed E-state index contributed by atoms with van der Waals surface area (Å²) in [6, 6.07) is 6.48. The minimum absolute atomic E-state index is 0.00498. The quantitative estimate of drug-likeness (QED) is 0.559. The number of aromatic nitrogens is 1. The molecule has 0 spiro atoms. The lowest BCUT2D eigenvalue weighted by molar-refractivity contribution is -0.142. The van der Waals surface area contributed by atoms with E-state index >= 15 is 0 Å². The van der Waals surface area contributed by atoms with E-state index in [0.717, 1.165) is 0 Å². The number of hydrogen-bond acceptors (Lipinski definition) is 7. The predicted molar refractivity (Wildman–Crippen MR) is 130 cm³/mol. The van der Waals surface area contributed by atoms with Gasteiger partial charge < -0.3 is 24.6 Å². The van der Waals surface area contributed by atoms with Crippen LogP contribution in [-0.4, -0.2) is 84.6 Å². The van der Waals surface area contributed by atoms with Gasteiger partial charge in [0.1, 0.15) is 6.54 Å². The van der Waals surface area contributed by atoms with Crippen LogP contribution in [0.15, 0.2) is 29.6 Å². The molecule has 1 saturated heterocycles. The second kappa shape index (κ2) is 12.3. The lowest BCUT2D eigenvalue weighted by Gasteiger charge is -2.35. The molecule has 2 heterocycles. The number of methoxy groups -OCH3 is 1. The molecular weight excluding hydrogens is 480 g/mol. The first-order valence-electron chi connectivity index (χ1n) is 11.0. The number of halogens is 1. The molecule has 0 aliphatic carbocycles. The van der Waals surface area contributed by atoms with Crippen molar-refractivity contribution < 1.29 is 23.9 Å². The van der Waals surface area contributed by atoms with Gasteiger partial charge in [0.2, 0.25) is 11.8 Å². The molecule has 3 rings (SSSR count). The number of carbonyl (C=O) groups excluding carboxylic acids is 3. The largest absolute Gasteiger partial charge is 0.383 e. The molecule has 0 saturated carbocycles. The Morgan fingerprint density at radius 2 is 1.91 bits per heavy atom. The number of morpholine rings is 1. The first kappa shape index (κ1) is 26.1. The van der Waals surface area contributed by atoms with Crippen LogP contribution in [0.4, 0.5) is 5.13 Å². The van der Waals surface area contributed by atoms with Crippen LogP contribution >= 0.6 is 22.9 Å². The van der Waals surface area contributed by atoms with Crippen molar-refractivity contribution in [3.05, 3.63) is 45.9 Å². The lowest BCUT2D eigenvalue weighted by Crippen LogP contribution is -2.48. The summed E-state index contributed by atoms with van der Waals surface area (Å²) in [6.45, 7) is 5.36. The molecule has 3 amide bonds. The summed E-state index contributed by atoms with van der Waals surface area (Å²) in [6.07, 6.45) is 0.144. The highest BCUT2D eigenvalue weighted by Gasteiger charge is 2.26. The Hall–Kier alpha value is -2.53. The van der Waals surface area contributed by atoms with Crippen molar-refractivity contribution in [3.63, 3.8) is 0 Å². The smallest absolute Gasteiger partial charge is 0.254 e. The molecule has 2 aromatic rings. The number of rotatable bonds is 9. The standard InChI is InChI=1S/C23H29ClN4O5S/c1-15-11-28(12-16(2)33-15)21(30)10-19-14-34-23(25-19)26-20(29)13-27(8-9-32-3)22(31)17-4-6-18(24)7-5-17/h4-7,14-16H,8-13H2,1-3H3,(H,25,26,29). The van der Waals surface area contributed by atoms with E-state index in [9.17, 15) is 14.4 Å². The average molecular weight is 509 g/mol. The Kier molecular flexibility index (Phi) is 9.40. The van der Waals surface area contributed by atoms with Crippen LogP contribution in [0.3, 0.4) is 0 Å². The minimum atomic E-state index is -0.388. The van der Waals surface area contributed by atoms with Gasteiger partial charge in [-0.2, -0.15) is 0 Å². The molecule has 0 bridgehead atoms. The maximum atomic E-state index is 12.9. The highest BCUT2D eigenvalue weighted by atomic mass is 35.5. The van der Waals surface area contributed by atoms with Crippen LogP contribution in [0.5, 0.6) is 0 Å². The first-order chi connectivity index (χ1) is 16.2. The van der Waals surface area contributed by atoms with Gasteiger partial charge in [-0.25, -0.2) is 4.98 Å². The third-order valence-electron chi connectivity index (χ3n) is 5.18. The number of anilines is 1.